The third-order valence-electron chi connectivity index (χ3n) is 4.72. The summed E-state index contributed by atoms with van der Waals surface area (Å²) in [6.07, 6.45) is 1.65. The number of carbonyl (C=O) groups excluding carboxylic acids is 1. The number of hydrogen-bond donors (Lipinski definition) is 1. The fraction of sp³-hybridized carbons (Fsp3) is 0.136. The van der Waals surface area contributed by atoms with Crippen molar-refractivity contribution in [2.24, 2.45) is 5.73 Å². The molecule has 0 aliphatic rings. The first-order valence-corrected chi connectivity index (χ1v) is 10.0. The van der Waals surface area contributed by atoms with Gasteiger partial charge in [-0.2, -0.15) is 5.26 Å². The van der Waals surface area contributed by atoms with E-state index < -0.39 is 5.91 Å². The molecule has 0 bridgehead atoms. The highest BCUT2D eigenvalue weighted by molar-refractivity contribution is 7.16. The van der Waals surface area contributed by atoms with E-state index >= 15 is 0 Å². The number of methoxy groups -OCH3 is 2. The molecule has 2 heterocycles. The lowest BCUT2D eigenvalue weighted by Crippen LogP contribution is -2.10. The highest BCUT2D eigenvalue weighted by atomic mass is 32.1. The van der Waals surface area contributed by atoms with E-state index in [4.69, 9.17) is 19.9 Å². The summed E-state index contributed by atoms with van der Waals surface area (Å²) in [6.45, 7) is 0.135. The average molecular weight is 434 g/mol. The predicted molar refractivity (Wildman–Crippen MR) is 116 cm³/mol. The molecular weight excluding hydrogens is 416 g/mol. The fourth-order valence-corrected chi connectivity index (χ4v) is 4.12. The number of amides is 1. The van der Waals surface area contributed by atoms with Crippen LogP contribution in [0.4, 0.5) is 0 Å². The van der Waals surface area contributed by atoms with E-state index in [1.807, 2.05) is 16.7 Å². The van der Waals surface area contributed by atoms with Crippen LogP contribution in [0.25, 0.3) is 16.0 Å². The van der Waals surface area contributed by atoms with Crippen LogP contribution in [-0.4, -0.2) is 29.7 Å². The third kappa shape index (κ3) is 3.76. The zero-order valence-corrected chi connectivity index (χ0v) is 17.6. The Kier molecular flexibility index (Phi) is 5.47. The van der Waals surface area contributed by atoms with E-state index in [2.05, 4.69) is 11.1 Å². The van der Waals surface area contributed by atoms with Crippen molar-refractivity contribution >= 4 is 28.3 Å². The van der Waals surface area contributed by atoms with Crippen molar-refractivity contribution in [2.75, 3.05) is 14.2 Å². The number of nitriles is 1. The van der Waals surface area contributed by atoms with Gasteiger partial charge in [-0.1, -0.05) is 18.2 Å². The molecule has 2 aromatic carbocycles. The Balaban J connectivity index is 1.72. The summed E-state index contributed by atoms with van der Waals surface area (Å²) in [5, 5.41) is 9.96. The van der Waals surface area contributed by atoms with Crippen LogP contribution in [0.3, 0.4) is 0 Å². The van der Waals surface area contributed by atoms with Gasteiger partial charge in [0.25, 0.3) is 5.91 Å². The zero-order valence-electron chi connectivity index (χ0n) is 16.8. The smallest absolute Gasteiger partial charge is 0.262 e. The molecule has 0 unspecified atom stereocenters. The average Bonchev–Trinajstić information content (AvgIpc) is 3.40. The van der Waals surface area contributed by atoms with Crippen LogP contribution in [0.5, 0.6) is 17.2 Å². The maximum Gasteiger partial charge on any atom is 0.262 e. The second kappa shape index (κ2) is 8.38. The Morgan fingerprint density at radius 2 is 1.90 bits per heavy atom. The molecular formula is C22H18N4O4S. The van der Waals surface area contributed by atoms with Crippen molar-refractivity contribution < 1.29 is 19.0 Å². The van der Waals surface area contributed by atoms with E-state index in [1.165, 1.54) is 11.3 Å². The summed E-state index contributed by atoms with van der Waals surface area (Å²) in [7, 11) is 3.12. The Bertz CT molecular complexity index is 1320. The molecule has 0 saturated heterocycles. The molecule has 0 saturated carbocycles. The molecule has 0 aliphatic carbocycles. The number of primary amides is 1. The number of carbonyl (C=O) groups is 1. The van der Waals surface area contributed by atoms with Gasteiger partial charge in [0.2, 0.25) is 0 Å². The first-order chi connectivity index (χ1) is 15.0. The highest BCUT2D eigenvalue weighted by Gasteiger charge is 2.19. The maximum absolute atomic E-state index is 12.0. The molecule has 0 fully saturated rings. The van der Waals surface area contributed by atoms with Gasteiger partial charge >= 0.3 is 0 Å². The summed E-state index contributed by atoms with van der Waals surface area (Å²) in [5.74, 6) is 0.892. The topological polar surface area (TPSA) is 112 Å². The van der Waals surface area contributed by atoms with Gasteiger partial charge in [-0.05, 0) is 6.07 Å². The van der Waals surface area contributed by atoms with Crippen LogP contribution in [0, 0.1) is 11.3 Å². The number of hydrogen-bond acceptors (Lipinski definition) is 7. The van der Waals surface area contributed by atoms with Crippen LogP contribution in [0.1, 0.15) is 20.8 Å². The minimum absolute atomic E-state index is 0.135. The molecule has 2 aromatic heterocycles. The number of nitrogens with two attached hydrogens (primary N) is 1. The normalized spacial score (nSPS) is 10.6. The van der Waals surface area contributed by atoms with Crippen LogP contribution >= 0.6 is 11.3 Å². The Hall–Kier alpha value is -4.03. The minimum atomic E-state index is -0.594. The molecule has 2 N–H and O–H groups in total. The second-order valence-electron chi connectivity index (χ2n) is 6.51. The number of benzene rings is 2. The van der Waals surface area contributed by atoms with Gasteiger partial charge < -0.3 is 19.9 Å². The summed E-state index contributed by atoms with van der Waals surface area (Å²) >= 11 is 1.20. The van der Waals surface area contributed by atoms with Crippen molar-refractivity contribution in [3.05, 3.63) is 64.8 Å². The number of ether oxygens (including phenoxy) is 3. The fourth-order valence-electron chi connectivity index (χ4n) is 3.18. The van der Waals surface area contributed by atoms with Crippen LogP contribution < -0.4 is 19.9 Å². The molecule has 4 aromatic rings. The van der Waals surface area contributed by atoms with E-state index in [-0.39, 0.29) is 11.5 Å². The van der Waals surface area contributed by atoms with Crippen molar-refractivity contribution in [1.82, 2.24) is 9.55 Å². The number of rotatable bonds is 7. The van der Waals surface area contributed by atoms with Gasteiger partial charge in [-0.3, -0.25) is 9.36 Å². The predicted octanol–water partition coefficient (Wildman–Crippen LogP) is 3.65. The first kappa shape index (κ1) is 20.3. The standard InChI is InChI=1S/C22H18N4O4S/c1-28-17-7-15-16(8-18(17)29-2)26(12-25-15)20-9-19(21(31-20)22(24)27)30-11-14-6-4-3-5-13(14)10-23/h3-9,12H,11H2,1-2H3,(H2,24,27). The van der Waals surface area contributed by atoms with Gasteiger partial charge in [0.05, 0.1) is 36.9 Å². The second-order valence-corrected chi connectivity index (χ2v) is 7.54. The van der Waals surface area contributed by atoms with Crippen molar-refractivity contribution in [2.45, 2.75) is 6.61 Å². The van der Waals surface area contributed by atoms with Crippen LogP contribution in [-0.2, 0) is 6.61 Å². The molecule has 0 radical (unpaired) electrons. The minimum Gasteiger partial charge on any atom is -0.493 e. The molecule has 4 rings (SSSR count). The lowest BCUT2D eigenvalue weighted by Gasteiger charge is -2.08. The molecule has 31 heavy (non-hydrogen) atoms. The summed E-state index contributed by atoms with van der Waals surface area (Å²) in [6, 6.07) is 14.6. The van der Waals surface area contributed by atoms with E-state index in [0.29, 0.717) is 33.3 Å². The zero-order chi connectivity index (χ0) is 22.0. The monoisotopic (exact) mass is 434 g/mol. The molecule has 0 aliphatic heterocycles. The highest BCUT2D eigenvalue weighted by Crippen LogP contribution is 2.37. The van der Waals surface area contributed by atoms with Gasteiger partial charge in [0.1, 0.15) is 28.6 Å². The van der Waals surface area contributed by atoms with Gasteiger partial charge in [0.15, 0.2) is 11.5 Å². The van der Waals surface area contributed by atoms with E-state index in [9.17, 15) is 10.1 Å². The van der Waals surface area contributed by atoms with Crippen LogP contribution in [0.2, 0.25) is 0 Å². The summed E-state index contributed by atoms with van der Waals surface area (Å²) in [4.78, 5) is 16.7. The lowest BCUT2D eigenvalue weighted by molar-refractivity contribution is 0.1000. The number of thiophene rings is 1. The SMILES string of the molecule is COc1cc2ncn(-c3cc(OCc4ccccc4C#N)c(C(N)=O)s3)c2cc1OC. The van der Waals surface area contributed by atoms with Gasteiger partial charge in [0, 0.05) is 23.8 Å². The molecule has 9 heteroatoms. The Morgan fingerprint density at radius 1 is 1.16 bits per heavy atom. The first-order valence-electron chi connectivity index (χ1n) is 9.19. The third-order valence-corrected chi connectivity index (χ3v) is 5.85. The molecule has 8 nitrogen and oxygen atoms in total. The van der Waals surface area contributed by atoms with Crippen molar-refractivity contribution in [1.29, 1.82) is 5.26 Å². The van der Waals surface area contributed by atoms with Crippen molar-refractivity contribution in [3.63, 3.8) is 0 Å². The van der Waals surface area contributed by atoms with Crippen molar-refractivity contribution in [3.8, 4) is 28.3 Å². The summed E-state index contributed by atoms with van der Waals surface area (Å²) < 4.78 is 18.4. The summed E-state index contributed by atoms with van der Waals surface area (Å²) in [5.41, 5.74) is 8.29. The molecule has 0 atom stereocenters. The van der Waals surface area contributed by atoms with Gasteiger partial charge in [-0.25, -0.2) is 4.98 Å². The molecule has 156 valence electrons. The Labute approximate surface area is 182 Å². The molecule has 0 spiro atoms. The van der Waals surface area contributed by atoms with Gasteiger partial charge in [-0.15, -0.1) is 11.3 Å². The number of imidazole rings is 1. The number of aromatic nitrogens is 2. The maximum atomic E-state index is 12.0. The van der Waals surface area contributed by atoms with E-state index in [1.54, 1.807) is 50.9 Å². The number of nitrogens with zero attached hydrogens (tertiary/aromatic N) is 3. The quantitative estimate of drug-likeness (QED) is 0.475. The Morgan fingerprint density at radius 3 is 2.61 bits per heavy atom. The molecule has 1 amide bonds. The largest absolute Gasteiger partial charge is 0.493 e. The van der Waals surface area contributed by atoms with E-state index in [0.717, 1.165) is 11.1 Å². The lowest BCUT2D eigenvalue weighted by atomic mass is 10.1. The number of fused-ring (bicyclic) bond motifs is 1. The van der Waals surface area contributed by atoms with Crippen LogP contribution in [0.15, 0.2) is 48.8 Å².